The Bertz CT molecular complexity index is 5900. The summed E-state index contributed by atoms with van der Waals surface area (Å²) in [6.45, 7) is 20.3. The Morgan fingerprint density at radius 2 is 0.524 bits per heavy atom. The summed E-state index contributed by atoms with van der Waals surface area (Å²) in [6, 6.07) is 73.6. The highest BCUT2D eigenvalue weighted by molar-refractivity contribution is 6.30. The Labute approximate surface area is 851 Å². The van der Waals surface area contributed by atoms with Crippen molar-refractivity contribution in [2.75, 3.05) is 123 Å². The SMILES string of the molecule is Cc1ccc(CC(=O)CNC(=O)CC2=CCN(c3ccc(C)cc3)CC2)cc1.Cc1ccc(CC(=O)CNC(=O)CC2=CCN(c3ccc([N+](=O)[O-])cc3)CC2)cc1.Cc1ccc(N2CC=C(CC(=O)NCC(=O)Cc3ccc(Cl)cc3)CC2)cc1.Cc1ccc(N2CC=C(CC(=O)NCC(=O)Cc3ccc(F)cc3)CC2)cc1.Cc1ccc(N2CC=C(CC(=O)NCC(=O)Cc3cccc(C(F)(F)F)c3)CC2)cc1. The van der Waals surface area contributed by atoms with E-state index < -0.39 is 16.7 Å². The van der Waals surface area contributed by atoms with Crippen molar-refractivity contribution in [2.45, 2.75) is 144 Å². The number of halogens is 5. The highest BCUT2D eigenvalue weighted by Crippen LogP contribution is 2.32. The number of hydrogen-bond acceptors (Lipinski definition) is 17. The van der Waals surface area contributed by atoms with Gasteiger partial charge < -0.3 is 51.1 Å². The lowest BCUT2D eigenvalue weighted by Gasteiger charge is -2.28. The predicted octanol–water partition coefficient (Wildman–Crippen LogP) is 19.3. The van der Waals surface area contributed by atoms with Crippen LogP contribution >= 0.6 is 11.6 Å². The molecule has 0 saturated heterocycles. The van der Waals surface area contributed by atoms with Gasteiger partial charge in [0.05, 0.1) is 43.2 Å². The summed E-state index contributed by atoms with van der Waals surface area (Å²) in [4.78, 5) is 143. The molecule has 758 valence electrons. The van der Waals surface area contributed by atoms with E-state index in [9.17, 15) is 75.6 Å². The Kier molecular flexibility index (Phi) is 42.8. The van der Waals surface area contributed by atoms with Gasteiger partial charge in [-0.25, -0.2) is 4.39 Å². The van der Waals surface area contributed by atoms with Gasteiger partial charge in [0.15, 0.2) is 28.9 Å². The molecule has 145 heavy (non-hydrogen) atoms. The smallest absolute Gasteiger partial charge is 0.367 e. The summed E-state index contributed by atoms with van der Waals surface area (Å²) in [5.41, 5.74) is 21.5. The van der Waals surface area contributed by atoms with Crippen molar-refractivity contribution in [3.63, 3.8) is 0 Å². The number of carbonyl (C=O) groups excluding carboxylic acids is 10. The van der Waals surface area contributed by atoms with E-state index in [2.05, 4.69) is 187 Å². The number of nitro benzene ring substituents is 1. The summed E-state index contributed by atoms with van der Waals surface area (Å²) in [6.07, 6.45) is 12.6. The van der Waals surface area contributed by atoms with Gasteiger partial charge >= 0.3 is 6.18 Å². The summed E-state index contributed by atoms with van der Waals surface area (Å²) in [7, 11) is 0. The Morgan fingerprint density at radius 1 is 0.303 bits per heavy atom. The van der Waals surface area contributed by atoms with Crippen LogP contribution in [-0.4, -0.2) is 162 Å². The van der Waals surface area contributed by atoms with Crippen LogP contribution in [0.1, 0.15) is 131 Å². The fourth-order valence-corrected chi connectivity index (χ4v) is 16.7. The first-order valence-electron chi connectivity index (χ1n) is 48.9. The molecule has 23 nitrogen and oxygen atoms in total. The first-order chi connectivity index (χ1) is 69.6. The van der Waals surface area contributed by atoms with E-state index in [0.717, 1.165) is 170 Å². The van der Waals surface area contributed by atoms with Crippen LogP contribution in [0.2, 0.25) is 5.02 Å². The number of nitrogens with zero attached hydrogens (tertiary/aromatic N) is 6. The third-order valence-corrected chi connectivity index (χ3v) is 25.5. The van der Waals surface area contributed by atoms with Crippen LogP contribution in [0.3, 0.4) is 0 Å². The molecule has 5 aliphatic heterocycles. The van der Waals surface area contributed by atoms with Crippen molar-refractivity contribution in [1.29, 1.82) is 0 Å². The normalized spacial score (nSPS) is 13.8. The van der Waals surface area contributed by atoms with Gasteiger partial charge in [-0.3, -0.25) is 58.1 Å². The van der Waals surface area contributed by atoms with E-state index in [1.165, 1.54) is 81.3 Å². The maximum absolute atomic E-state index is 12.9. The summed E-state index contributed by atoms with van der Waals surface area (Å²) < 4.78 is 51.2. The van der Waals surface area contributed by atoms with Gasteiger partial charge in [0.1, 0.15) is 5.82 Å². The molecule has 28 heteroatoms. The molecular weight excluding hydrogens is 1860 g/mol. The van der Waals surface area contributed by atoms with Gasteiger partial charge in [0.2, 0.25) is 29.5 Å². The van der Waals surface area contributed by atoms with Crippen LogP contribution in [-0.2, 0) is 86.2 Å². The number of nitro groups is 1. The molecule has 5 aliphatic rings. The average molecular weight is 1990 g/mol. The van der Waals surface area contributed by atoms with E-state index >= 15 is 0 Å². The number of aryl methyl sites for hydroxylation is 6. The molecule has 10 aromatic rings. The van der Waals surface area contributed by atoms with Crippen LogP contribution in [0.4, 0.5) is 51.7 Å². The number of non-ortho nitro benzene ring substituents is 1. The lowest BCUT2D eigenvalue weighted by Crippen LogP contribution is -2.32. The molecule has 0 saturated carbocycles. The summed E-state index contributed by atoms with van der Waals surface area (Å²) >= 11 is 5.84. The second-order valence-corrected chi connectivity index (χ2v) is 37.6. The molecule has 0 atom stereocenters. The highest BCUT2D eigenvalue weighted by atomic mass is 35.5. The molecule has 0 aromatic heterocycles. The zero-order chi connectivity index (χ0) is 104. The fraction of sp³-hybridized carbons (Fsp3) is 0.316. The van der Waals surface area contributed by atoms with Gasteiger partial charge in [-0.1, -0.05) is 243 Å². The van der Waals surface area contributed by atoms with E-state index in [1.807, 2.05) is 93.6 Å². The standard InChI is InChI=1S/C24H25F3N2O2.C24H28N2O2.C23H25ClN2O2.C23H25FN2O2.C23H25N3O4/c1-17-5-7-21(8-6-17)29-11-9-18(10-12-29)15-23(31)28-16-22(30)14-19-3-2-4-20(13-19)24(25,26)27;1-18-3-7-20(8-4-18)15-23(27)17-25-24(28)16-21-11-13-26(14-12-21)22-9-5-19(2)6-10-22;2*1-17-2-8-21(9-3-17)26-12-10-19(11-13-26)15-23(28)25-16-22(27)14-18-4-6-20(24)7-5-18;1-17-2-4-18(5-3-17)14-22(27)16-24-23(28)15-19-10-12-25(13-11-19)20-6-8-21(9-7-20)26(29)30/h2-9,13H,10-12,14-16H2,1H3,(H,28,31);3-11H,12-17H2,1-2H3,(H,25,28);2*2-10H,11-16H2,1H3,(H,25,28);2-10H,11-16H2,1H3,(H,24,28). The molecule has 5 amide bonds. The molecule has 15 rings (SSSR count). The quantitative estimate of drug-likeness (QED) is 0.0106. The maximum atomic E-state index is 12.9. The van der Waals surface area contributed by atoms with Crippen LogP contribution < -0.4 is 51.1 Å². The first kappa shape index (κ1) is 110. The van der Waals surface area contributed by atoms with Crippen LogP contribution in [0.5, 0.6) is 0 Å². The molecular formula is C117H128ClF4N11O12. The topological polar surface area (TPSA) is 290 Å². The number of anilines is 5. The second kappa shape index (κ2) is 56.2. The highest BCUT2D eigenvalue weighted by Gasteiger charge is 2.31. The average Bonchev–Trinajstić information content (AvgIpc) is 0.858. The third kappa shape index (κ3) is 39.3. The second-order valence-electron chi connectivity index (χ2n) is 37.2. The van der Waals surface area contributed by atoms with Crippen molar-refractivity contribution in [2.24, 2.45) is 0 Å². The van der Waals surface area contributed by atoms with Crippen molar-refractivity contribution in [3.05, 3.63) is 389 Å². The monoisotopic (exact) mass is 1990 g/mol. The van der Waals surface area contributed by atoms with Gasteiger partial charge in [-0.15, -0.1) is 0 Å². The number of alkyl halides is 3. The van der Waals surface area contributed by atoms with Gasteiger partial charge in [-0.2, -0.15) is 13.2 Å². The number of ketones is 5. The number of rotatable bonds is 36. The number of hydrogen-bond donors (Lipinski definition) is 5. The van der Waals surface area contributed by atoms with Gasteiger partial charge in [0, 0.05) is 175 Å². The minimum atomic E-state index is -4.45. The van der Waals surface area contributed by atoms with Gasteiger partial charge in [-0.05, 0) is 192 Å². The maximum Gasteiger partial charge on any atom is 0.416 e. The third-order valence-electron chi connectivity index (χ3n) is 25.2. The Balaban J connectivity index is 0.000000173. The summed E-state index contributed by atoms with van der Waals surface area (Å²) in [5.74, 6) is -1.48. The number of amides is 5. The van der Waals surface area contributed by atoms with Crippen molar-refractivity contribution in [3.8, 4) is 0 Å². The summed E-state index contributed by atoms with van der Waals surface area (Å²) in [5, 5.41) is 24.9. The van der Waals surface area contributed by atoms with Crippen LogP contribution in [0.15, 0.2) is 301 Å². The van der Waals surface area contributed by atoms with Gasteiger partial charge in [0.25, 0.3) is 5.69 Å². The Morgan fingerprint density at radius 3 is 0.752 bits per heavy atom. The van der Waals surface area contributed by atoms with E-state index in [0.29, 0.717) is 50.1 Å². The van der Waals surface area contributed by atoms with Crippen LogP contribution in [0.25, 0.3) is 0 Å². The largest absolute Gasteiger partial charge is 0.416 e. The van der Waals surface area contributed by atoms with Crippen molar-refractivity contribution < 1.29 is 70.4 Å². The Hall–Kier alpha value is -15.0. The zero-order valence-corrected chi connectivity index (χ0v) is 83.9. The molecule has 5 N–H and O–H groups in total. The van der Waals surface area contributed by atoms with E-state index in [1.54, 1.807) is 36.4 Å². The lowest BCUT2D eigenvalue weighted by molar-refractivity contribution is -0.384. The number of benzene rings is 10. The molecule has 10 aromatic carbocycles. The molecule has 0 aliphatic carbocycles. The number of Topliss-reactive ketones (excluding diaryl/α,β-unsaturated/α-hetero) is 5. The van der Waals surface area contributed by atoms with Crippen molar-refractivity contribution in [1.82, 2.24) is 26.6 Å². The van der Waals surface area contributed by atoms with Crippen LogP contribution in [0, 0.1) is 57.5 Å². The fourth-order valence-electron chi connectivity index (χ4n) is 16.6. The molecule has 0 fully saturated rings. The molecule has 5 heterocycles. The lowest BCUT2D eigenvalue weighted by atomic mass is 10.0. The van der Waals surface area contributed by atoms with E-state index in [4.69, 9.17) is 11.6 Å². The molecule has 0 unspecified atom stereocenters. The predicted molar refractivity (Wildman–Crippen MR) is 566 cm³/mol. The zero-order valence-electron chi connectivity index (χ0n) is 83.2. The van der Waals surface area contributed by atoms with E-state index in [-0.39, 0.29) is 134 Å². The minimum Gasteiger partial charge on any atom is -0.367 e. The molecule has 0 radical (unpaired) electrons. The number of nitrogens with one attached hydrogen (secondary N) is 5. The minimum absolute atomic E-state index is 0.00101. The molecule has 0 bridgehead atoms. The number of carbonyl (C=O) groups is 10. The first-order valence-corrected chi connectivity index (χ1v) is 49.3. The molecule has 0 spiro atoms. The van der Waals surface area contributed by atoms with Crippen molar-refractivity contribution >= 4 is 104 Å².